The van der Waals surface area contributed by atoms with Crippen molar-refractivity contribution in [3.8, 4) is 0 Å². The number of nitrogens with zero attached hydrogens (tertiary/aromatic N) is 2. The second-order valence-corrected chi connectivity index (χ2v) is 5.60. The number of rotatable bonds is 1. The number of hydrogen-bond acceptors (Lipinski definition) is 4. The van der Waals surface area contributed by atoms with Crippen molar-refractivity contribution in [2.75, 3.05) is 31.2 Å². The first kappa shape index (κ1) is 13.0. The van der Waals surface area contributed by atoms with Crippen LogP contribution in [0.15, 0.2) is 30.5 Å². The van der Waals surface area contributed by atoms with E-state index in [2.05, 4.69) is 9.88 Å². The molecule has 2 saturated heterocycles. The van der Waals surface area contributed by atoms with Crippen LogP contribution < -0.4 is 4.90 Å². The number of pyridine rings is 1. The molecule has 1 spiro atoms. The first-order valence-electron chi connectivity index (χ1n) is 7.33. The smallest absolute Gasteiger partial charge is 0.171 e. The molecule has 5 heteroatoms. The van der Waals surface area contributed by atoms with Gasteiger partial charge in [0, 0.05) is 31.3 Å². The van der Waals surface area contributed by atoms with Crippen molar-refractivity contribution in [1.29, 1.82) is 0 Å². The molecule has 21 heavy (non-hydrogen) atoms. The van der Waals surface area contributed by atoms with Gasteiger partial charge in [-0.3, -0.25) is 4.98 Å². The Morgan fingerprint density at radius 3 is 2.67 bits per heavy atom. The molecule has 2 aromatic rings. The minimum Gasteiger partial charge on any atom is -0.369 e. The van der Waals surface area contributed by atoms with E-state index in [-0.39, 0.29) is 11.6 Å². The lowest BCUT2D eigenvalue weighted by Crippen LogP contribution is -2.45. The summed E-state index contributed by atoms with van der Waals surface area (Å²) in [5.74, 6) is -0.675. The van der Waals surface area contributed by atoms with E-state index < -0.39 is 0 Å². The van der Waals surface area contributed by atoms with Crippen LogP contribution in [-0.4, -0.2) is 37.1 Å². The standard InChI is InChI=1S/C16H17FN2O2/c17-13-10-12-2-1-3-14(15(12)18-11-13)19-6-4-16(5-7-19)20-8-9-21-16/h1-3,10-11H,4-9H2. The summed E-state index contributed by atoms with van der Waals surface area (Å²) >= 11 is 0. The highest BCUT2D eigenvalue weighted by Crippen LogP contribution is 2.35. The Balaban J connectivity index is 1.62. The van der Waals surface area contributed by atoms with Gasteiger partial charge in [-0.05, 0) is 12.1 Å². The first-order valence-corrected chi connectivity index (χ1v) is 7.33. The third kappa shape index (κ3) is 2.26. The Hall–Kier alpha value is -1.72. The lowest BCUT2D eigenvalue weighted by Gasteiger charge is -2.38. The fourth-order valence-corrected chi connectivity index (χ4v) is 3.25. The Labute approximate surface area is 122 Å². The minimum atomic E-state index is -0.374. The Kier molecular flexibility index (Phi) is 3.05. The van der Waals surface area contributed by atoms with Crippen LogP contribution in [0.5, 0.6) is 0 Å². The molecule has 0 amide bonds. The van der Waals surface area contributed by atoms with Crippen molar-refractivity contribution in [3.05, 3.63) is 36.3 Å². The maximum atomic E-state index is 13.3. The van der Waals surface area contributed by atoms with E-state index >= 15 is 0 Å². The zero-order valence-corrected chi connectivity index (χ0v) is 11.7. The van der Waals surface area contributed by atoms with Crippen LogP contribution in [0.25, 0.3) is 10.9 Å². The van der Waals surface area contributed by atoms with Gasteiger partial charge in [0.15, 0.2) is 5.79 Å². The van der Waals surface area contributed by atoms with Gasteiger partial charge in [-0.2, -0.15) is 0 Å². The maximum Gasteiger partial charge on any atom is 0.171 e. The molecular weight excluding hydrogens is 271 g/mol. The fraction of sp³-hybridized carbons (Fsp3) is 0.438. The van der Waals surface area contributed by atoms with Crippen LogP contribution in [0.4, 0.5) is 10.1 Å². The van der Waals surface area contributed by atoms with Crippen LogP contribution in [0, 0.1) is 5.82 Å². The summed E-state index contributed by atoms with van der Waals surface area (Å²) in [6, 6.07) is 7.41. The van der Waals surface area contributed by atoms with Crippen molar-refractivity contribution < 1.29 is 13.9 Å². The molecule has 0 unspecified atom stereocenters. The van der Waals surface area contributed by atoms with Crippen molar-refractivity contribution in [2.45, 2.75) is 18.6 Å². The topological polar surface area (TPSA) is 34.6 Å². The van der Waals surface area contributed by atoms with Crippen molar-refractivity contribution in [1.82, 2.24) is 4.98 Å². The van der Waals surface area contributed by atoms with Crippen molar-refractivity contribution >= 4 is 16.6 Å². The number of fused-ring (bicyclic) bond motifs is 1. The Morgan fingerprint density at radius 2 is 1.90 bits per heavy atom. The van der Waals surface area contributed by atoms with E-state index in [4.69, 9.17) is 9.47 Å². The molecule has 1 aromatic carbocycles. The van der Waals surface area contributed by atoms with E-state index in [1.165, 1.54) is 12.3 Å². The summed E-state index contributed by atoms with van der Waals surface area (Å²) in [5.41, 5.74) is 1.91. The van der Waals surface area contributed by atoms with Gasteiger partial charge in [0.1, 0.15) is 5.82 Å². The van der Waals surface area contributed by atoms with E-state index in [1.54, 1.807) is 0 Å². The van der Waals surface area contributed by atoms with E-state index in [9.17, 15) is 4.39 Å². The molecule has 4 rings (SSSR count). The third-order valence-corrected chi connectivity index (χ3v) is 4.34. The normalized spacial score (nSPS) is 21.3. The molecule has 4 nitrogen and oxygen atoms in total. The van der Waals surface area contributed by atoms with Crippen LogP contribution in [0.2, 0.25) is 0 Å². The Morgan fingerprint density at radius 1 is 1.14 bits per heavy atom. The van der Waals surface area contributed by atoms with E-state index in [0.717, 1.165) is 42.5 Å². The Bertz CT molecular complexity index is 660. The highest BCUT2D eigenvalue weighted by atomic mass is 19.1. The zero-order chi connectivity index (χ0) is 14.3. The second-order valence-electron chi connectivity index (χ2n) is 5.60. The summed E-state index contributed by atoms with van der Waals surface area (Å²) < 4.78 is 24.8. The molecule has 0 aliphatic carbocycles. The SMILES string of the molecule is Fc1cnc2c(N3CCC4(CC3)OCCO4)cccc2c1. The molecule has 0 saturated carbocycles. The van der Waals surface area contributed by atoms with Gasteiger partial charge in [-0.1, -0.05) is 12.1 Å². The van der Waals surface area contributed by atoms with Crippen molar-refractivity contribution in [2.24, 2.45) is 0 Å². The summed E-state index contributed by atoms with van der Waals surface area (Å²) in [7, 11) is 0. The fourth-order valence-electron chi connectivity index (χ4n) is 3.25. The van der Waals surface area contributed by atoms with Crippen LogP contribution in [0.3, 0.4) is 0 Å². The van der Waals surface area contributed by atoms with Gasteiger partial charge < -0.3 is 14.4 Å². The molecule has 1 aromatic heterocycles. The number of ether oxygens (including phenoxy) is 2. The van der Waals surface area contributed by atoms with Crippen LogP contribution in [0.1, 0.15) is 12.8 Å². The molecule has 3 heterocycles. The van der Waals surface area contributed by atoms with Gasteiger partial charge in [0.2, 0.25) is 0 Å². The number of benzene rings is 1. The van der Waals surface area contributed by atoms with Gasteiger partial charge in [-0.15, -0.1) is 0 Å². The van der Waals surface area contributed by atoms with Crippen LogP contribution >= 0.6 is 0 Å². The highest BCUT2D eigenvalue weighted by molar-refractivity contribution is 5.90. The lowest BCUT2D eigenvalue weighted by molar-refractivity contribution is -0.169. The molecule has 0 N–H and O–H groups in total. The van der Waals surface area contributed by atoms with Crippen LogP contribution in [-0.2, 0) is 9.47 Å². The summed E-state index contributed by atoms with van der Waals surface area (Å²) in [5, 5.41) is 0.834. The number of aromatic nitrogens is 1. The summed E-state index contributed by atoms with van der Waals surface area (Å²) in [6.45, 7) is 3.10. The second kappa shape index (κ2) is 4.93. The molecule has 2 aliphatic rings. The largest absolute Gasteiger partial charge is 0.369 e. The molecule has 110 valence electrons. The number of halogens is 1. The lowest BCUT2D eigenvalue weighted by atomic mass is 10.0. The predicted molar refractivity (Wildman–Crippen MR) is 77.8 cm³/mol. The molecule has 0 radical (unpaired) electrons. The molecule has 2 fully saturated rings. The molecular formula is C16H17FN2O2. The minimum absolute atomic E-state index is 0.301. The first-order chi connectivity index (χ1) is 10.3. The maximum absolute atomic E-state index is 13.3. The number of hydrogen-bond donors (Lipinski definition) is 0. The summed E-state index contributed by atoms with van der Waals surface area (Å²) in [4.78, 5) is 6.55. The quantitative estimate of drug-likeness (QED) is 0.808. The summed E-state index contributed by atoms with van der Waals surface area (Å²) in [6.07, 6.45) is 2.98. The number of piperidine rings is 1. The van der Waals surface area contributed by atoms with Crippen molar-refractivity contribution in [3.63, 3.8) is 0 Å². The molecule has 0 bridgehead atoms. The molecule has 0 atom stereocenters. The highest BCUT2D eigenvalue weighted by Gasteiger charge is 2.40. The van der Waals surface area contributed by atoms with Gasteiger partial charge in [0.25, 0.3) is 0 Å². The zero-order valence-electron chi connectivity index (χ0n) is 11.7. The monoisotopic (exact) mass is 288 g/mol. The molecule has 2 aliphatic heterocycles. The van der Waals surface area contributed by atoms with E-state index in [1.807, 2.05) is 18.2 Å². The third-order valence-electron chi connectivity index (χ3n) is 4.34. The number of para-hydroxylation sites is 1. The number of anilines is 1. The van der Waals surface area contributed by atoms with Gasteiger partial charge in [0.05, 0.1) is 30.6 Å². The average molecular weight is 288 g/mol. The van der Waals surface area contributed by atoms with Gasteiger partial charge >= 0.3 is 0 Å². The van der Waals surface area contributed by atoms with E-state index in [0.29, 0.717) is 13.2 Å². The average Bonchev–Trinajstić information content (AvgIpc) is 2.95. The predicted octanol–water partition coefficient (Wildman–Crippen LogP) is 2.72. The van der Waals surface area contributed by atoms with Gasteiger partial charge in [-0.25, -0.2) is 4.39 Å².